The van der Waals surface area contributed by atoms with Crippen LogP contribution in [0.1, 0.15) is 6.92 Å². The molecule has 0 atom stereocenters. The van der Waals surface area contributed by atoms with Crippen LogP contribution in [-0.2, 0) is 9.36 Å². The Labute approximate surface area is 165 Å². The van der Waals surface area contributed by atoms with Crippen molar-refractivity contribution in [2.75, 3.05) is 24.2 Å². The van der Waals surface area contributed by atoms with E-state index in [1.807, 2.05) is 18.2 Å². The first-order chi connectivity index (χ1) is 12.3. The summed E-state index contributed by atoms with van der Waals surface area (Å²) in [5.41, 5.74) is 1.15. The van der Waals surface area contributed by atoms with Gasteiger partial charge in [-0.2, -0.15) is 0 Å². The number of rotatable bonds is 5. The van der Waals surface area contributed by atoms with Crippen LogP contribution in [0.5, 0.6) is 0 Å². The van der Waals surface area contributed by atoms with Crippen molar-refractivity contribution < 1.29 is 19.1 Å². The summed E-state index contributed by atoms with van der Waals surface area (Å²) >= 11 is 7.97. The van der Waals surface area contributed by atoms with Gasteiger partial charge in [-0.3, -0.25) is 14.3 Å². The standard InChI is InChI=1S/C16H17N2O4PS3/c1-2-17-11-5-3-4-6-12(11)25-14(17)8-7-13-15(19)18(16(24)26-13)9-10-23(20,21)22/h3-8H,2,9-10H2,1H3,(H2,20,21,22)/b13-7+,14-8-. The van der Waals surface area contributed by atoms with Crippen LogP contribution >= 0.6 is 43.3 Å². The van der Waals surface area contributed by atoms with Crippen LogP contribution in [0.2, 0.25) is 0 Å². The zero-order valence-corrected chi connectivity index (χ0v) is 17.2. The number of benzene rings is 1. The Morgan fingerprint density at radius 3 is 2.62 bits per heavy atom. The smallest absolute Gasteiger partial charge is 0.327 e. The summed E-state index contributed by atoms with van der Waals surface area (Å²) in [5.74, 6) is -0.311. The van der Waals surface area contributed by atoms with Gasteiger partial charge in [-0.25, -0.2) is 0 Å². The molecule has 3 rings (SSSR count). The molecule has 0 spiro atoms. The first-order valence-corrected chi connectivity index (χ1v) is 11.7. The van der Waals surface area contributed by atoms with Gasteiger partial charge in [-0.15, -0.1) is 0 Å². The predicted octanol–water partition coefficient (Wildman–Crippen LogP) is 3.38. The van der Waals surface area contributed by atoms with E-state index in [0.717, 1.165) is 29.0 Å². The van der Waals surface area contributed by atoms with Crippen molar-refractivity contribution >= 4 is 59.3 Å². The monoisotopic (exact) mass is 428 g/mol. The Bertz CT molecular complexity index is 865. The van der Waals surface area contributed by atoms with Gasteiger partial charge in [-0.05, 0) is 31.2 Å². The number of hydrogen-bond acceptors (Lipinski definition) is 6. The maximum Gasteiger partial charge on any atom is 0.327 e. The fourth-order valence-electron chi connectivity index (χ4n) is 2.59. The topological polar surface area (TPSA) is 81.1 Å². The number of thioether (sulfide) groups is 2. The van der Waals surface area contributed by atoms with Crippen LogP contribution < -0.4 is 4.90 Å². The lowest BCUT2D eigenvalue weighted by atomic mass is 10.3. The molecular formula is C16H17N2O4PS3. The Balaban J connectivity index is 1.77. The molecule has 1 aromatic carbocycles. The average Bonchev–Trinajstić information content (AvgIpc) is 3.07. The fraction of sp³-hybridized carbons (Fsp3) is 0.250. The Morgan fingerprint density at radius 1 is 1.19 bits per heavy atom. The van der Waals surface area contributed by atoms with Crippen molar-refractivity contribution in [2.45, 2.75) is 11.8 Å². The van der Waals surface area contributed by atoms with Crippen LogP contribution in [0.25, 0.3) is 0 Å². The average molecular weight is 428 g/mol. The van der Waals surface area contributed by atoms with Crippen LogP contribution in [0.4, 0.5) is 5.69 Å². The molecule has 6 nitrogen and oxygen atoms in total. The van der Waals surface area contributed by atoms with E-state index in [9.17, 15) is 9.36 Å². The summed E-state index contributed by atoms with van der Waals surface area (Å²) in [4.78, 5) is 35.5. The summed E-state index contributed by atoms with van der Waals surface area (Å²) in [6.07, 6.45) is 3.22. The second-order valence-electron chi connectivity index (χ2n) is 5.56. The number of anilines is 1. The van der Waals surface area contributed by atoms with Gasteiger partial charge in [0.25, 0.3) is 5.91 Å². The molecule has 1 aromatic rings. The molecule has 2 aliphatic rings. The number of fused-ring (bicyclic) bond motifs is 1. The molecule has 138 valence electrons. The molecule has 26 heavy (non-hydrogen) atoms. The van der Waals surface area contributed by atoms with Crippen molar-refractivity contribution in [3.8, 4) is 0 Å². The third-order valence-corrected chi connectivity index (χ3v) is 7.13. The first-order valence-electron chi connectivity index (χ1n) is 7.85. The first kappa shape index (κ1) is 19.7. The lowest BCUT2D eigenvalue weighted by Gasteiger charge is -2.17. The second-order valence-corrected chi connectivity index (χ2v) is 10.1. The minimum Gasteiger partial charge on any atom is -0.335 e. The molecule has 0 aliphatic carbocycles. The van der Waals surface area contributed by atoms with E-state index in [2.05, 4.69) is 24.0 Å². The third kappa shape index (κ3) is 4.24. The highest BCUT2D eigenvalue weighted by molar-refractivity contribution is 8.26. The summed E-state index contributed by atoms with van der Waals surface area (Å²) < 4.78 is 11.4. The number of carbonyl (C=O) groups is 1. The molecule has 1 fully saturated rings. The van der Waals surface area contributed by atoms with E-state index in [1.54, 1.807) is 17.8 Å². The van der Waals surface area contributed by atoms with Crippen LogP contribution in [-0.4, -0.2) is 44.2 Å². The van der Waals surface area contributed by atoms with Crippen LogP contribution in [0.15, 0.2) is 51.2 Å². The molecular weight excluding hydrogens is 411 g/mol. The highest BCUT2D eigenvalue weighted by Crippen LogP contribution is 2.45. The molecule has 0 unspecified atom stereocenters. The van der Waals surface area contributed by atoms with Gasteiger partial charge < -0.3 is 14.7 Å². The quantitative estimate of drug-likeness (QED) is 0.420. The van der Waals surface area contributed by atoms with Gasteiger partial charge in [0.05, 0.1) is 21.8 Å². The minimum atomic E-state index is -4.17. The normalized spacial score (nSPS) is 20.6. The van der Waals surface area contributed by atoms with Crippen molar-refractivity contribution in [3.05, 3.63) is 46.4 Å². The predicted molar refractivity (Wildman–Crippen MR) is 110 cm³/mol. The van der Waals surface area contributed by atoms with Crippen molar-refractivity contribution in [3.63, 3.8) is 0 Å². The van der Waals surface area contributed by atoms with Crippen molar-refractivity contribution in [1.29, 1.82) is 0 Å². The number of allylic oxidation sites excluding steroid dienone is 2. The number of hydrogen-bond donors (Lipinski definition) is 2. The molecule has 1 saturated heterocycles. The Kier molecular flexibility index (Phi) is 5.96. The van der Waals surface area contributed by atoms with Gasteiger partial charge in [-0.1, -0.05) is 47.9 Å². The summed E-state index contributed by atoms with van der Waals surface area (Å²) in [5, 5.41) is 1.02. The molecule has 0 bridgehead atoms. The van der Waals surface area contributed by atoms with Gasteiger partial charge in [0.15, 0.2) is 0 Å². The maximum atomic E-state index is 12.5. The molecule has 1 amide bonds. The highest BCUT2D eigenvalue weighted by Gasteiger charge is 2.33. The van der Waals surface area contributed by atoms with Crippen LogP contribution in [0.3, 0.4) is 0 Å². The number of nitrogens with zero attached hydrogens (tertiary/aromatic N) is 2. The minimum absolute atomic E-state index is 0.0792. The molecule has 0 radical (unpaired) electrons. The molecule has 10 heteroatoms. The van der Waals surface area contributed by atoms with E-state index in [-0.39, 0.29) is 12.5 Å². The molecule has 0 aromatic heterocycles. The van der Waals surface area contributed by atoms with Gasteiger partial charge >= 0.3 is 7.60 Å². The lowest BCUT2D eigenvalue weighted by Crippen LogP contribution is -2.30. The number of para-hydroxylation sites is 1. The van der Waals surface area contributed by atoms with Gasteiger partial charge in [0.2, 0.25) is 0 Å². The van der Waals surface area contributed by atoms with Gasteiger partial charge in [0.1, 0.15) is 4.32 Å². The van der Waals surface area contributed by atoms with Crippen LogP contribution in [0, 0.1) is 0 Å². The number of amides is 1. The summed E-state index contributed by atoms with van der Waals surface area (Å²) in [6, 6.07) is 8.12. The molecule has 2 N–H and O–H groups in total. The largest absolute Gasteiger partial charge is 0.335 e. The maximum absolute atomic E-state index is 12.5. The Morgan fingerprint density at radius 2 is 1.92 bits per heavy atom. The highest BCUT2D eigenvalue weighted by atomic mass is 32.2. The zero-order chi connectivity index (χ0) is 18.9. The zero-order valence-electron chi connectivity index (χ0n) is 13.9. The van der Waals surface area contributed by atoms with E-state index in [0.29, 0.717) is 9.23 Å². The second kappa shape index (κ2) is 7.88. The van der Waals surface area contributed by atoms with Crippen molar-refractivity contribution in [1.82, 2.24) is 4.90 Å². The lowest BCUT2D eigenvalue weighted by molar-refractivity contribution is -0.122. The van der Waals surface area contributed by atoms with E-state index >= 15 is 0 Å². The number of thiocarbonyl (C=S) groups is 1. The van der Waals surface area contributed by atoms with E-state index in [1.165, 1.54) is 9.80 Å². The summed E-state index contributed by atoms with van der Waals surface area (Å²) in [7, 11) is -4.17. The fourth-order valence-corrected chi connectivity index (χ4v) is 5.43. The molecule has 2 aliphatic heterocycles. The van der Waals surface area contributed by atoms with Gasteiger partial charge in [0, 0.05) is 18.0 Å². The van der Waals surface area contributed by atoms with Crippen molar-refractivity contribution in [2.24, 2.45) is 0 Å². The molecule has 0 saturated carbocycles. The van der Waals surface area contributed by atoms with E-state index in [4.69, 9.17) is 22.0 Å². The summed E-state index contributed by atoms with van der Waals surface area (Å²) in [6.45, 7) is 2.80. The Hall–Kier alpha value is -1.09. The van der Waals surface area contributed by atoms with E-state index < -0.39 is 13.8 Å². The SMILES string of the molecule is CCN1/C(=C/C=C2/SC(=S)N(CCP(=O)(O)O)C2=O)Sc2ccccc21. The molecule has 2 heterocycles. The third-order valence-electron chi connectivity index (χ3n) is 3.82. The number of carbonyl (C=O) groups excluding carboxylic acids is 1.